The Morgan fingerprint density at radius 3 is 0.905 bits per heavy atom. The maximum absolute atomic E-state index is 15.0. The summed E-state index contributed by atoms with van der Waals surface area (Å²) in [4.78, 5) is 2.74. The van der Waals surface area contributed by atoms with Crippen molar-refractivity contribution in [1.29, 1.82) is 0 Å². The monoisotopic (exact) mass is 306 g/mol. The van der Waals surface area contributed by atoms with E-state index in [-0.39, 0.29) is 23.7 Å². The van der Waals surface area contributed by atoms with Crippen LogP contribution in [0.5, 0.6) is 0 Å². The average molecular weight is 306 g/mol. The summed E-state index contributed by atoms with van der Waals surface area (Å²) in [5, 5.41) is 0. The first-order valence-electron chi connectivity index (χ1n) is 8.34. The lowest BCUT2D eigenvalue weighted by Crippen LogP contribution is -2.58. The lowest BCUT2D eigenvalue weighted by atomic mass is 10.1. The molecule has 0 bridgehead atoms. The van der Waals surface area contributed by atoms with Gasteiger partial charge in [-0.3, -0.25) is 0 Å². The van der Waals surface area contributed by atoms with E-state index in [0.29, 0.717) is 26.2 Å². The molecule has 0 aliphatic heterocycles. The van der Waals surface area contributed by atoms with Crippen LogP contribution >= 0.6 is 0 Å². The Balaban J connectivity index is 5.22. The summed E-state index contributed by atoms with van der Waals surface area (Å²) in [6.45, 7) is 17.7. The molecule has 0 rings (SSSR count). The zero-order valence-electron chi connectivity index (χ0n) is 15.3. The van der Waals surface area contributed by atoms with Crippen molar-refractivity contribution >= 4 is 0 Å². The zero-order valence-corrected chi connectivity index (χ0v) is 15.3. The van der Waals surface area contributed by atoms with E-state index < -0.39 is 6.17 Å². The summed E-state index contributed by atoms with van der Waals surface area (Å²) in [6.07, 6.45) is -2.87. The van der Waals surface area contributed by atoms with E-state index in [1.54, 1.807) is 0 Å². The average Bonchev–Trinajstić information content (AvgIpc) is 2.24. The van der Waals surface area contributed by atoms with Crippen molar-refractivity contribution in [3.05, 3.63) is 0 Å². The summed E-state index contributed by atoms with van der Waals surface area (Å²) in [6, 6.07) is 0. The summed E-state index contributed by atoms with van der Waals surface area (Å²) >= 11 is 0. The lowest BCUT2D eigenvalue weighted by Gasteiger charge is -2.41. The van der Waals surface area contributed by atoms with Gasteiger partial charge in [0.15, 0.2) is 0 Å². The van der Waals surface area contributed by atoms with Gasteiger partial charge in [-0.15, -0.1) is 0 Å². The molecule has 128 valence electrons. The highest BCUT2D eigenvalue weighted by atomic mass is 19.3. The molecule has 0 aliphatic carbocycles. The van der Waals surface area contributed by atoms with Gasteiger partial charge in [-0.25, -0.2) is 9.80 Å². The Kier molecular flexibility index (Phi) is 8.94. The fourth-order valence-corrected chi connectivity index (χ4v) is 2.55. The van der Waals surface area contributed by atoms with Crippen LogP contribution in [0.3, 0.4) is 0 Å². The third kappa shape index (κ3) is 8.10. The fraction of sp³-hybridized carbons (Fsp3) is 1.00. The van der Waals surface area contributed by atoms with Gasteiger partial charge in [0, 0.05) is 26.2 Å². The quantitative estimate of drug-likeness (QED) is 0.424. The Hall–Kier alpha value is -0.220. The molecule has 0 radical (unpaired) electrons. The van der Waals surface area contributed by atoms with Crippen molar-refractivity contribution in [2.45, 2.75) is 61.6 Å². The van der Waals surface area contributed by atoms with Crippen molar-refractivity contribution < 1.29 is 8.78 Å². The van der Waals surface area contributed by atoms with Gasteiger partial charge in [-0.2, -0.15) is 8.78 Å². The number of halogens is 2. The largest absolute Gasteiger partial charge is 0.369 e. The molecule has 0 atom stereocenters. The van der Waals surface area contributed by atoms with Crippen molar-refractivity contribution in [2.24, 2.45) is 23.7 Å². The second kappa shape index (κ2) is 9.04. The van der Waals surface area contributed by atoms with Gasteiger partial charge in [0.1, 0.15) is 0 Å². The summed E-state index contributed by atoms with van der Waals surface area (Å²) in [5.74, 6) is 0.924. The molecule has 0 saturated heterocycles. The van der Waals surface area contributed by atoms with Crippen molar-refractivity contribution in [3.8, 4) is 0 Å². The molecule has 0 aromatic rings. The van der Waals surface area contributed by atoms with E-state index in [4.69, 9.17) is 0 Å². The molecule has 0 aromatic heterocycles. The molecule has 0 aromatic carbocycles. The number of hydrogen-bond donors (Lipinski definition) is 0. The summed E-state index contributed by atoms with van der Waals surface area (Å²) in [5.41, 5.74) is 0. The predicted octanol–water partition coefficient (Wildman–Crippen LogP) is 4.76. The van der Waals surface area contributed by atoms with Crippen LogP contribution in [0.2, 0.25) is 0 Å². The third-order valence-corrected chi connectivity index (χ3v) is 3.10. The van der Waals surface area contributed by atoms with Gasteiger partial charge in [0.05, 0.1) is 0 Å². The van der Waals surface area contributed by atoms with E-state index in [1.165, 1.54) is 9.80 Å². The minimum absolute atomic E-state index is 0.231. The molecule has 0 aliphatic rings. The van der Waals surface area contributed by atoms with E-state index in [1.807, 2.05) is 55.4 Å². The number of hydrogen-bond acceptors (Lipinski definition) is 2. The van der Waals surface area contributed by atoms with E-state index >= 15 is 8.78 Å². The zero-order chi connectivity index (χ0) is 16.8. The molecule has 0 saturated carbocycles. The molecule has 0 fully saturated rings. The summed E-state index contributed by atoms with van der Waals surface area (Å²) < 4.78 is 30.1. The molecule has 0 N–H and O–H groups in total. The molecule has 0 amide bonds. The van der Waals surface area contributed by atoms with Crippen LogP contribution in [0.4, 0.5) is 8.78 Å². The molecular formula is C17H36F2N2. The van der Waals surface area contributed by atoms with Crippen molar-refractivity contribution in [2.75, 3.05) is 26.2 Å². The molecule has 4 heteroatoms. The van der Waals surface area contributed by atoms with Gasteiger partial charge < -0.3 is 0 Å². The third-order valence-electron chi connectivity index (χ3n) is 3.10. The van der Waals surface area contributed by atoms with Crippen molar-refractivity contribution in [1.82, 2.24) is 9.80 Å². The first-order chi connectivity index (χ1) is 9.46. The smallest absolute Gasteiger partial charge is 0.230 e. The molecule has 0 spiro atoms. The highest BCUT2D eigenvalue weighted by molar-refractivity contribution is 4.76. The van der Waals surface area contributed by atoms with Gasteiger partial charge in [0.25, 0.3) is 0 Å². The van der Waals surface area contributed by atoms with Crippen LogP contribution in [0.1, 0.15) is 55.4 Å². The second-order valence-electron chi connectivity index (χ2n) is 7.89. The first-order valence-corrected chi connectivity index (χ1v) is 8.34. The minimum atomic E-state index is -2.87. The van der Waals surface area contributed by atoms with E-state index in [2.05, 4.69) is 0 Å². The highest BCUT2D eigenvalue weighted by Crippen LogP contribution is 2.28. The summed E-state index contributed by atoms with van der Waals surface area (Å²) in [7, 11) is 0. The molecule has 0 heterocycles. The number of alkyl halides is 2. The molecular weight excluding hydrogens is 270 g/mol. The maximum atomic E-state index is 15.0. The molecule has 2 nitrogen and oxygen atoms in total. The number of nitrogens with zero attached hydrogens (tertiary/aromatic N) is 2. The molecule has 21 heavy (non-hydrogen) atoms. The Morgan fingerprint density at radius 1 is 0.571 bits per heavy atom. The maximum Gasteiger partial charge on any atom is 0.369 e. The van der Waals surface area contributed by atoms with E-state index in [0.717, 1.165) is 0 Å². The van der Waals surface area contributed by atoms with E-state index in [9.17, 15) is 0 Å². The topological polar surface area (TPSA) is 6.48 Å². The number of rotatable bonds is 10. The van der Waals surface area contributed by atoms with Gasteiger partial charge >= 0.3 is 6.17 Å². The van der Waals surface area contributed by atoms with Crippen LogP contribution < -0.4 is 0 Å². The van der Waals surface area contributed by atoms with Crippen LogP contribution in [0.15, 0.2) is 0 Å². The SMILES string of the molecule is CC(C)CN(CC(C)C)C(F)(F)N(CC(C)C)CC(C)C. The van der Waals surface area contributed by atoms with Crippen LogP contribution in [0.25, 0.3) is 0 Å². The van der Waals surface area contributed by atoms with Gasteiger partial charge in [-0.05, 0) is 23.7 Å². The van der Waals surface area contributed by atoms with Crippen LogP contribution in [-0.2, 0) is 0 Å². The first kappa shape index (κ1) is 20.8. The second-order valence-corrected chi connectivity index (χ2v) is 7.89. The fourth-order valence-electron chi connectivity index (χ4n) is 2.55. The van der Waals surface area contributed by atoms with Crippen molar-refractivity contribution in [3.63, 3.8) is 0 Å². The van der Waals surface area contributed by atoms with Crippen LogP contribution in [0, 0.1) is 23.7 Å². The molecule has 0 unspecified atom stereocenters. The van der Waals surface area contributed by atoms with Crippen LogP contribution in [-0.4, -0.2) is 42.1 Å². The van der Waals surface area contributed by atoms with Gasteiger partial charge in [0.2, 0.25) is 0 Å². The van der Waals surface area contributed by atoms with Gasteiger partial charge in [-0.1, -0.05) is 55.4 Å². The normalized spacial score (nSPS) is 13.7. The lowest BCUT2D eigenvalue weighted by molar-refractivity contribution is -0.261. The predicted molar refractivity (Wildman–Crippen MR) is 87.4 cm³/mol. The Labute approximate surface area is 130 Å². The highest BCUT2D eigenvalue weighted by Gasteiger charge is 2.44. The minimum Gasteiger partial charge on any atom is -0.230 e. The standard InChI is InChI=1S/C17H36F2N2/c1-13(2)9-20(10-14(3)4)17(18,19)21(11-15(5)6)12-16(7)8/h13-16H,9-12H2,1-8H3. The Bertz CT molecular complexity index is 230. The Morgan fingerprint density at radius 2 is 0.762 bits per heavy atom.